The number of nitrogens with zero attached hydrogens (tertiary/aromatic N) is 5. The zero-order valence-electron chi connectivity index (χ0n) is 13.8. The van der Waals surface area contributed by atoms with E-state index < -0.39 is 17.6 Å². The molecule has 0 saturated carbocycles. The molecule has 1 atom stereocenters. The number of nitrogens with one attached hydrogen (secondary N) is 2. The van der Waals surface area contributed by atoms with Crippen molar-refractivity contribution < 1.29 is 13.2 Å². The maximum Gasteiger partial charge on any atom is 0.421 e. The van der Waals surface area contributed by atoms with Gasteiger partial charge in [-0.1, -0.05) is 0 Å². The first-order chi connectivity index (χ1) is 12.3. The van der Waals surface area contributed by atoms with Gasteiger partial charge in [-0.05, 0) is 19.9 Å². The van der Waals surface area contributed by atoms with Crippen LogP contribution < -0.4 is 11.1 Å². The number of nitrogens with two attached hydrogens (primary N) is 1. The maximum atomic E-state index is 13.0. The molecule has 0 fully saturated rings. The minimum Gasteiger partial charge on any atom is -0.383 e. The molecule has 26 heavy (non-hydrogen) atoms. The van der Waals surface area contributed by atoms with Crippen molar-refractivity contribution in [2.24, 2.45) is 0 Å². The van der Waals surface area contributed by atoms with Gasteiger partial charge >= 0.3 is 6.18 Å². The van der Waals surface area contributed by atoms with E-state index in [2.05, 4.69) is 35.5 Å². The molecule has 136 valence electrons. The second-order valence-electron chi connectivity index (χ2n) is 5.53. The zero-order chi connectivity index (χ0) is 18.9. The van der Waals surface area contributed by atoms with Crippen molar-refractivity contribution in [2.75, 3.05) is 11.1 Å². The standard InChI is InChI=1S/C15H15F3N8/c1-7(13-20-4-3-5-21-13)11-9(6-22-26-11)24-14-23-8(2)10(12(19)25-14)15(16,17)18/h3-7H,1-2H3,(H,22,26)(H3,19,23,24,25). The molecular formula is C15H15F3N8. The number of rotatable bonds is 4. The summed E-state index contributed by atoms with van der Waals surface area (Å²) in [5.74, 6) is -0.418. The van der Waals surface area contributed by atoms with Crippen LogP contribution in [0.1, 0.15) is 35.6 Å². The highest BCUT2D eigenvalue weighted by Crippen LogP contribution is 2.35. The van der Waals surface area contributed by atoms with E-state index in [1.807, 2.05) is 6.92 Å². The van der Waals surface area contributed by atoms with Gasteiger partial charge in [0.15, 0.2) is 0 Å². The molecule has 8 nitrogen and oxygen atoms in total. The third kappa shape index (κ3) is 3.41. The molecule has 11 heteroatoms. The van der Waals surface area contributed by atoms with Crippen LogP contribution in [0.2, 0.25) is 0 Å². The highest BCUT2D eigenvalue weighted by Gasteiger charge is 2.36. The maximum absolute atomic E-state index is 13.0. The summed E-state index contributed by atoms with van der Waals surface area (Å²) in [6, 6.07) is 1.70. The van der Waals surface area contributed by atoms with Crippen LogP contribution in [-0.4, -0.2) is 30.1 Å². The predicted octanol–water partition coefficient (Wildman–Crippen LogP) is 2.79. The Bertz CT molecular complexity index is 884. The van der Waals surface area contributed by atoms with Crippen LogP contribution in [0.4, 0.5) is 30.6 Å². The van der Waals surface area contributed by atoms with Crippen molar-refractivity contribution in [3.05, 3.63) is 47.4 Å². The molecule has 0 saturated heterocycles. The van der Waals surface area contributed by atoms with E-state index in [-0.39, 0.29) is 17.6 Å². The van der Waals surface area contributed by atoms with E-state index in [0.717, 1.165) is 0 Å². The third-order valence-corrected chi connectivity index (χ3v) is 3.70. The van der Waals surface area contributed by atoms with Crippen LogP contribution in [0.3, 0.4) is 0 Å². The van der Waals surface area contributed by atoms with Crippen LogP contribution in [0.25, 0.3) is 0 Å². The van der Waals surface area contributed by atoms with Gasteiger partial charge in [-0.2, -0.15) is 23.3 Å². The number of hydrogen-bond acceptors (Lipinski definition) is 7. The number of aromatic nitrogens is 6. The molecule has 0 aliphatic heterocycles. The molecule has 0 aliphatic rings. The lowest BCUT2D eigenvalue weighted by molar-refractivity contribution is -0.137. The first kappa shape index (κ1) is 17.6. The average molecular weight is 364 g/mol. The molecule has 3 aromatic heterocycles. The van der Waals surface area contributed by atoms with Crippen molar-refractivity contribution in [2.45, 2.75) is 25.9 Å². The number of nitrogen functional groups attached to an aromatic ring is 1. The Kier molecular flexibility index (Phi) is 4.45. The van der Waals surface area contributed by atoms with Crippen molar-refractivity contribution in [3.63, 3.8) is 0 Å². The van der Waals surface area contributed by atoms with Gasteiger partial charge in [-0.15, -0.1) is 0 Å². The summed E-state index contributed by atoms with van der Waals surface area (Å²) < 4.78 is 38.9. The van der Waals surface area contributed by atoms with Crippen LogP contribution in [0, 0.1) is 6.92 Å². The molecule has 0 amide bonds. The largest absolute Gasteiger partial charge is 0.421 e. The van der Waals surface area contributed by atoms with E-state index >= 15 is 0 Å². The number of alkyl halides is 3. The predicted molar refractivity (Wildman–Crippen MR) is 87.6 cm³/mol. The van der Waals surface area contributed by atoms with Crippen LogP contribution >= 0.6 is 0 Å². The van der Waals surface area contributed by atoms with Crippen LogP contribution in [0.15, 0.2) is 24.7 Å². The topological polar surface area (TPSA) is 118 Å². The Balaban J connectivity index is 1.91. The molecule has 0 radical (unpaired) electrons. The average Bonchev–Trinajstić information content (AvgIpc) is 3.01. The number of hydrogen-bond donors (Lipinski definition) is 3. The fourth-order valence-corrected chi connectivity index (χ4v) is 2.51. The summed E-state index contributed by atoms with van der Waals surface area (Å²) in [6.45, 7) is 3.08. The van der Waals surface area contributed by atoms with Gasteiger partial charge < -0.3 is 11.1 Å². The molecule has 4 N–H and O–H groups in total. The normalized spacial score (nSPS) is 12.8. The molecule has 0 spiro atoms. The van der Waals surface area contributed by atoms with E-state index in [9.17, 15) is 13.2 Å². The minimum absolute atomic E-state index is 0.0585. The van der Waals surface area contributed by atoms with Crippen molar-refractivity contribution in [1.82, 2.24) is 30.1 Å². The third-order valence-electron chi connectivity index (χ3n) is 3.70. The number of anilines is 3. The van der Waals surface area contributed by atoms with E-state index in [0.29, 0.717) is 17.2 Å². The lowest BCUT2D eigenvalue weighted by Gasteiger charge is -2.14. The Morgan fingerprint density at radius 3 is 2.50 bits per heavy atom. The van der Waals surface area contributed by atoms with E-state index in [4.69, 9.17) is 5.73 Å². The molecule has 3 rings (SSSR count). The highest BCUT2D eigenvalue weighted by atomic mass is 19.4. The van der Waals surface area contributed by atoms with Gasteiger partial charge in [-0.25, -0.2) is 15.0 Å². The monoisotopic (exact) mass is 364 g/mol. The molecule has 0 aliphatic carbocycles. The molecule has 3 heterocycles. The summed E-state index contributed by atoms with van der Waals surface area (Å²) in [5.41, 5.74) is 5.22. The molecule has 0 bridgehead atoms. The van der Waals surface area contributed by atoms with E-state index in [1.54, 1.807) is 24.7 Å². The summed E-state index contributed by atoms with van der Waals surface area (Å²) in [4.78, 5) is 15.9. The fraction of sp³-hybridized carbons (Fsp3) is 0.267. The second-order valence-corrected chi connectivity index (χ2v) is 5.53. The smallest absolute Gasteiger partial charge is 0.383 e. The number of H-pyrrole nitrogens is 1. The van der Waals surface area contributed by atoms with Gasteiger partial charge in [0.05, 0.1) is 23.0 Å². The molecular weight excluding hydrogens is 349 g/mol. The van der Waals surface area contributed by atoms with Crippen molar-refractivity contribution in [1.29, 1.82) is 0 Å². The lowest BCUT2D eigenvalue weighted by atomic mass is 10.1. The van der Waals surface area contributed by atoms with Gasteiger partial charge in [0.1, 0.15) is 17.2 Å². The summed E-state index contributed by atoms with van der Waals surface area (Å²) in [7, 11) is 0. The SMILES string of the molecule is Cc1nc(Nc2c[nH]nc2C(C)c2ncccn2)nc(N)c1C(F)(F)F. The Labute approximate surface area is 146 Å². The molecule has 3 aromatic rings. The Morgan fingerprint density at radius 2 is 1.88 bits per heavy atom. The van der Waals surface area contributed by atoms with Crippen LogP contribution in [-0.2, 0) is 6.18 Å². The minimum atomic E-state index is -4.62. The van der Waals surface area contributed by atoms with Gasteiger partial charge in [-0.3, -0.25) is 5.10 Å². The van der Waals surface area contributed by atoms with Gasteiger partial charge in [0.2, 0.25) is 5.95 Å². The summed E-state index contributed by atoms with van der Waals surface area (Å²) in [5, 5.41) is 9.70. The first-order valence-corrected chi connectivity index (χ1v) is 7.56. The molecule has 1 unspecified atom stereocenters. The van der Waals surface area contributed by atoms with Crippen LogP contribution in [0.5, 0.6) is 0 Å². The van der Waals surface area contributed by atoms with Gasteiger partial charge in [0, 0.05) is 18.6 Å². The van der Waals surface area contributed by atoms with Crippen molar-refractivity contribution in [3.8, 4) is 0 Å². The Morgan fingerprint density at radius 1 is 1.19 bits per heavy atom. The summed E-state index contributed by atoms with van der Waals surface area (Å²) >= 11 is 0. The first-order valence-electron chi connectivity index (χ1n) is 7.56. The highest BCUT2D eigenvalue weighted by molar-refractivity contribution is 5.59. The molecule has 0 aromatic carbocycles. The number of aryl methyl sites for hydroxylation is 1. The summed E-state index contributed by atoms with van der Waals surface area (Å²) in [6.07, 6.45) is 0.150. The Hall–Kier alpha value is -3.24. The van der Waals surface area contributed by atoms with E-state index in [1.165, 1.54) is 6.92 Å². The lowest BCUT2D eigenvalue weighted by Crippen LogP contribution is -2.15. The zero-order valence-corrected chi connectivity index (χ0v) is 13.8. The number of aromatic amines is 1. The second kappa shape index (κ2) is 6.58. The quantitative estimate of drug-likeness (QED) is 0.651. The van der Waals surface area contributed by atoms with Gasteiger partial charge in [0.25, 0.3) is 0 Å². The fourth-order valence-electron chi connectivity index (χ4n) is 2.51. The number of halogens is 3. The van der Waals surface area contributed by atoms with Crippen molar-refractivity contribution >= 4 is 17.5 Å².